The zero-order valence-electron chi connectivity index (χ0n) is 24.3. The molecule has 0 spiro atoms. The van der Waals surface area contributed by atoms with Crippen LogP contribution in [0.15, 0.2) is 60.9 Å². The molecule has 1 aliphatic rings. The Hall–Kier alpha value is -4.57. The van der Waals surface area contributed by atoms with Crippen LogP contribution in [0.2, 0.25) is 0 Å². The van der Waals surface area contributed by atoms with Gasteiger partial charge in [0.05, 0.1) is 11.9 Å². The van der Waals surface area contributed by atoms with Gasteiger partial charge in [0.25, 0.3) is 0 Å². The van der Waals surface area contributed by atoms with Gasteiger partial charge >= 0.3 is 0 Å². The molecule has 0 bridgehead atoms. The van der Waals surface area contributed by atoms with E-state index in [0.29, 0.717) is 30.8 Å². The Morgan fingerprint density at radius 2 is 1.88 bits per heavy atom. The topological polar surface area (TPSA) is 112 Å². The zero-order valence-corrected chi connectivity index (χ0v) is 24.3. The van der Waals surface area contributed by atoms with Gasteiger partial charge in [-0.25, -0.2) is 0 Å². The summed E-state index contributed by atoms with van der Waals surface area (Å²) in [4.78, 5) is 27.8. The van der Waals surface area contributed by atoms with Gasteiger partial charge in [-0.1, -0.05) is 44.2 Å². The van der Waals surface area contributed by atoms with E-state index in [0.717, 1.165) is 64.1 Å². The maximum atomic E-state index is 10.9. The zero-order chi connectivity index (χ0) is 29.1. The number of aromatic nitrogens is 5. The first kappa shape index (κ1) is 27.6. The van der Waals surface area contributed by atoms with Crippen molar-refractivity contribution >= 4 is 40.4 Å². The normalized spacial score (nSPS) is 14.5. The third kappa shape index (κ3) is 5.75. The van der Waals surface area contributed by atoms with E-state index < -0.39 is 0 Å². The number of nitrogens with one attached hydrogen (secondary N) is 3. The molecule has 0 radical (unpaired) electrons. The highest BCUT2D eigenvalue weighted by Gasteiger charge is 2.19. The lowest BCUT2D eigenvalue weighted by atomic mass is 9.97. The lowest BCUT2D eigenvalue weighted by Crippen LogP contribution is -2.33. The van der Waals surface area contributed by atoms with Gasteiger partial charge in [0.1, 0.15) is 0 Å². The fourth-order valence-corrected chi connectivity index (χ4v) is 5.63. The van der Waals surface area contributed by atoms with Crippen molar-refractivity contribution in [1.82, 2.24) is 29.5 Å². The second kappa shape index (κ2) is 12.1. The average molecular weight is 564 g/mol. The molecule has 5 aromatic rings. The highest BCUT2D eigenvalue weighted by Crippen LogP contribution is 2.31. The van der Waals surface area contributed by atoms with Crippen LogP contribution in [-0.2, 0) is 11.3 Å². The van der Waals surface area contributed by atoms with Crippen LogP contribution in [0.25, 0.3) is 27.7 Å². The molecule has 42 heavy (non-hydrogen) atoms. The summed E-state index contributed by atoms with van der Waals surface area (Å²) in [7, 11) is 2.18. The lowest BCUT2D eigenvalue weighted by Gasteiger charge is -2.28. The van der Waals surface area contributed by atoms with E-state index in [1.54, 1.807) is 10.7 Å². The second-order valence-electron chi connectivity index (χ2n) is 11.4. The molecule has 1 aliphatic heterocycles. The number of benzene rings is 2. The largest absolute Gasteiger partial charge is 0.354 e. The third-order valence-electron chi connectivity index (χ3n) is 8.10. The van der Waals surface area contributed by atoms with E-state index in [9.17, 15) is 4.79 Å². The molecule has 3 aromatic heterocycles. The monoisotopic (exact) mass is 563 g/mol. The first-order valence-corrected chi connectivity index (χ1v) is 14.6. The van der Waals surface area contributed by atoms with E-state index in [1.807, 2.05) is 42.6 Å². The van der Waals surface area contributed by atoms with E-state index in [-0.39, 0.29) is 5.92 Å². The first-order valence-electron chi connectivity index (χ1n) is 14.6. The number of anilines is 3. The molecule has 0 aliphatic carbocycles. The standard InChI is InChI=1S/C32H37N9O/c1-21(2)28-19-37-41-30(28)38-31(34-17-22-11-14-40(3)15-12-22)39-32(41)35-18-24-6-4-5-7-26(24)29-27-9-8-25(36-20-42)16-23(27)10-13-33-29/h4-10,13,16,19-22H,11-12,14-15,17-18H2,1-3H3,(H,36,42)(H2,34,35,38,39). The van der Waals surface area contributed by atoms with Crippen molar-refractivity contribution in [2.45, 2.75) is 39.2 Å². The predicted molar refractivity (Wildman–Crippen MR) is 168 cm³/mol. The van der Waals surface area contributed by atoms with Crippen LogP contribution < -0.4 is 16.0 Å². The van der Waals surface area contributed by atoms with Crippen LogP contribution in [0.1, 0.15) is 43.7 Å². The summed E-state index contributed by atoms with van der Waals surface area (Å²) < 4.78 is 1.80. The third-order valence-corrected chi connectivity index (χ3v) is 8.10. The Balaban J connectivity index is 1.29. The molecule has 1 amide bonds. The Bertz CT molecular complexity index is 1710. The van der Waals surface area contributed by atoms with Crippen molar-refractivity contribution in [3.05, 3.63) is 72.1 Å². The Morgan fingerprint density at radius 1 is 1.05 bits per heavy atom. The molecule has 0 unspecified atom stereocenters. The molecule has 2 aromatic carbocycles. The highest BCUT2D eigenvalue weighted by atomic mass is 16.1. The van der Waals surface area contributed by atoms with E-state index >= 15 is 0 Å². The summed E-state index contributed by atoms with van der Waals surface area (Å²) >= 11 is 0. The number of likely N-dealkylation sites (tertiary alicyclic amines) is 1. The highest BCUT2D eigenvalue weighted by molar-refractivity contribution is 5.97. The minimum absolute atomic E-state index is 0.285. The van der Waals surface area contributed by atoms with Crippen LogP contribution in [-0.4, -0.2) is 62.6 Å². The van der Waals surface area contributed by atoms with Gasteiger partial charge in [-0.15, -0.1) is 0 Å². The maximum absolute atomic E-state index is 10.9. The lowest BCUT2D eigenvalue weighted by molar-refractivity contribution is -0.105. The number of hydrogen-bond acceptors (Lipinski definition) is 8. The summed E-state index contributed by atoms with van der Waals surface area (Å²) in [5, 5.41) is 16.5. The minimum atomic E-state index is 0.285. The first-order chi connectivity index (χ1) is 20.5. The predicted octanol–water partition coefficient (Wildman–Crippen LogP) is 5.40. The van der Waals surface area contributed by atoms with Crippen molar-refractivity contribution in [2.24, 2.45) is 5.92 Å². The van der Waals surface area contributed by atoms with Crippen LogP contribution >= 0.6 is 0 Å². The van der Waals surface area contributed by atoms with E-state index in [1.165, 1.54) is 12.8 Å². The number of amides is 1. The molecule has 4 heterocycles. The summed E-state index contributed by atoms with van der Waals surface area (Å²) in [5.74, 6) is 2.16. The number of pyridine rings is 1. The fourth-order valence-electron chi connectivity index (χ4n) is 5.63. The average Bonchev–Trinajstić information content (AvgIpc) is 3.44. The van der Waals surface area contributed by atoms with Crippen molar-refractivity contribution in [3.63, 3.8) is 0 Å². The maximum Gasteiger partial charge on any atom is 0.229 e. The summed E-state index contributed by atoms with van der Waals surface area (Å²) in [6.45, 7) is 7.94. The molecule has 6 rings (SSSR count). The van der Waals surface area contributed by atoms with E-state index in [4.69, 9.17) is 15.0 Å². The van der Waals surface area contributed by atoms with Crippen molar-refractivity contribution in [1.29, 1.82) is 0 Å². The molecule has 0 atom stereocenters. The Morgan fingerprint density at radius 3 is 2.69 bits per heavy atom. The van der Waals surface area contributed by atoms with Gasteiger partial charge in [0.15, 0.2) is 5.65 Å². The Labute approximate surface area is 245 Å². The number of piperidine rings is 1. The van der Waals surface area contributed by atoms with Gasteiger partial charge in [0.2, 0.25) is 18.3 Å². The minimum Gasteiger partial charge on any atom is -0.354 e. The SMILES string of the molecule is CC(C)c1cnn2c(NCc3ccccc3-c3nccc4cc(NC=O)ccc34)nc(NCC3CCN(C)CC3)nc12. The number of nitrogens with zero attached hydrogens (tertiary/aromatic N) is 6. The molecule has 216 valence electrons. The second-order valence-corrected chi connectivity index (χ2v) is 11.4. The van der Waals surface area contributed by atoms with E-state index in [2.05, 4.69) is 59.0 Å². The molecule has 3 N–H and O–H groups in total. The summed E-state index contributed by atoms with van der Waals surface area (Å²) in [6.07, 6.45) is 6.74. The van der Waals surface area contributed by atoms with Gasteiger partial charge in [-0.3, -0.25) is 9.78 Å². The summed E-state index contributed by atoms with van der Waals surface area (Å²) in [5.41, 5.74) is 5.65. The number of carbonyl (C=O) groups excluding carboxylic acids is 1. The quantitative estimate of drug-likeness (QED) is 0.194. The van der Waals surface area contributed by atoms with Crippen LogP contribution in [0.3, 0.4) is 0 Å². The van der Waals surface area contributed by atoms with Gasteiger partial charge in [-0.2, -0.15) is 19.6 Å². The molecule has 1 saturated heterocycles. The van der Waals surface area contributed by atoms with Crippen molar-refractivity contribution in [3.8, 4) is 11.3 Å². The molecular weight excluding hydrogens is 526 g/mol. The number of rotatable bonds is 10. The molecule has 10 nitrogen and oxygen atoms in total. The van der Waals surface area contributed by atoms with Gasteiger partial charge in [-0.05, 0) is 74.0 Å². The van der Waals surface area contributed by atoms with Crippen molar-refractivity contribution in [2.75, 3.05) is 42.6 Å². The van der Waals surface area contributed by atoms with Crippen molar-refractivity contribution < 1.29 is 4.79 Å². The number of carbonyl (C=O) groups is 1. The Kier molecular flexibility index (Phi) is 7.96. The number of hydrogen-bond donors (Lipinski definition) is 3. The number of fused-ring (bicyclic) bond motifs is 2. The van der Waals surface area contributed by atoms with Crippen LogP contribution in [0.4, 0.5) is 17.6 Å². The fraction of sp³-hybridized carbons (Fsp3) is 0.344. The smallest absolute Gasteiger partial charge is 0.229 e. The summed E-state index contributed by atoms with van der Waals surface area (Å²) in [6, 6.07) is 16.1. The van der Waals surface area contributed by atoms with Crippen LogP contribution in [0.5, 0.6) is 0 Å². The molecule has 10 heteroatoms. The molecule has 1 fully saturated rings. The molecular formula is C32H37N9O. The molecule has 0 saturated carbocycles. The van der Waals surface area contributed by atoms with Gasteiger partial charge in [0, 0.05) is 41.5 Å². The van der Waals surface area contributed by atoms with Crippen LogP contribution in [0, 0.1) is 5.92 Å². The van der Waals surface area contributed by atoms with Gasteiger partial charge < -0.3 is 20.9 Å².